The van der Waals surface area contributed by atoms with Crippen LogP contribution in [-0.2, 0) is 6.42 Å². The van der Waals surface area contributed by atoms with E-state index in [2.05, 4.69) is 20.9 Å². The topological polar surface area (TPSA) is 30.0 Å². The van der Waals surface area contributed by atoms with Gasteiger partial charge in [0, 0.05) is 17.1 Å². The third-order valence-corrected chi connectivity index (χ3v) is 2.82. The number of halogens is 3. The Balaban J connectivity index is 2.24. The van der Waals surface area contributed by atoms with Crippen molar-refractivity contribution in [2.24, 2.45) is 0 Å². The smallest absolute Gasteiger partial charge is 0.170 e. The highest BCUT2D eigenvalue weighted by Gasteiger charge is 2.12. The van der Waals surface area contributed by atoms with Crippen molar-refractivity contribution in [2.75, 3.05) is 0 Å². The van der Waals surface area contributed by atoms with Crippen LogP contribution in [0.15, 0.2) is 41.1 Å². The molecule has 0 spiro atoms. The second kappa shape index (κ2) is 5.35. The van der Waals surface area contributed by atoms with Gasteiger partial charge in [0.15, 0.2) is 11.6 Å². The lowest BCUT2D eigenvalue weighted by atomic mass is 10.0. The fraction of sp³-hybridized carbons (Fsp3) is 0.0769. The minimum Gasteiger partial charge on any atom is -0.294 e. The van der Waals surface area contributed by atoms with Crippen LogP contribution in [0.2, 0.25) is 0 Å². The molecule has 2 rings (SSSR count). The van der Waals surface area contributed by atoms with Gasteiger partial charge in [0.1, 0.15) is 5.82 Å². The zero-order chi connectivity index (χ0) is 13.1. The fourth-order valence-corrected chi connectivity index (χ4v) is 2.11. The van der Waals surface area contributed by atoms with E-state index in [-0.39, 0.29) is 12.0 Å². The molecule has 0 N–H and O–H groups in total. The summed E-state index contributed by atoms with van der Waals surface area (Å²) in [7, 11) is 0. The summed E-state index contributed by atoms with van der Waals surface area (Å²) in [5.41, 5.74) is 0.452. The lowest BCUT2D eigenvalue weighted by Gasteiger charge is -2.03. The summed E-state index contributed by atoms with van der Waals surface area (Å²) >= 11 is 3.14. The molecule has 92 valence electrons. The van der Waals surface area contributed by atoms with E-state index >= 15 is 0 Å². The van der Waals surface area contributed by atoms with Crippen molar-refractivity contribution in [3.8, 4) is 0 Å². The van der Waals surface area contributed by atoms with Crippen LogP contribution in [-0.4, -0.2) is 10.8 Å². The molecule has 0 amide bonds. The van der Waals surface area contributed by atoms with Gasteiger partial charge in [0.25, 0.3) is 0 Å². The number of ketones is 1. The first kappa shape index (κ1) is 12.8. The predicted octanol–water partition coefficient (Wildman–Crippen LogP) is 3.55. The Labute approximate surface area is 111 Å². The number of hydrogen-bond acceptors (Lipinski definition) is 2. The standard InChI is InChI=1S/C13H8BrF2NO/c14-9-3-8(4-10(15)6-9)5-13(18)11-1-2-17-7-12(11)16/h1-4,6-7H,5H2. The maximum Gasteiger partial charge on any atom is 0.170 e. The Morgan fingerprint density at radius 1 is 1.28 bits per heavy atom. The lowest BCUT2D eigenvalue weighted by molar-refractivity contribution is 0.0989. The molecule has 0 aliphatic heterocycles. The van der Waals surface area contributed by atoms with Gasteiger partial charge in [-0.05, 0) is 29.8 Å². The van der Waals surface area contributed by atoms with Crippen molar-refractivity contribution in [3.05, 3.63) is 63.9 Å². The van der Waals surface area contributed by atoms with Crippen LogP contribution in [0, 0.1) is 11.6 Å². The van der Waals surface area contributed by atoms with Gasteiger partial charge in [-0.2, -0.15) is 0 Å². The van der Waals surface area contributed by atoms with Crippen molar-refractivity contribution >= 4 is 21.7 Å². The second-order valence-electron chi connectivity index (χ2n) is 3.73. The highest BCUT2D eigenvalue weighted by Crippen LogP contribution is 2.17. The molecule has 0 unspecified atom stereocenters. The molecule has 1 aromatic heterocycles. The average Bonchev–Trinajstić information content (AvgIpc) is 2.27. The van der Waals surface area contributed by atoms with E-state index in [1.165, 1.54) is 24.4 Å². The summed E-state index contributed by atoms with van der Waals surface area (Å²) in [5, 5.41) is 0. The summed E-state index contributed by atoms with van der Waals surface area (Å²) < 4.78 is 27.0. The number of carbonyl (C=O) groups is 1. The summed E-state index contributed by atoms with van der Waals surface area (Å²) in [6.45, 7) is 0. The third-order valence-electron chi connectivity index (χ3n) is 2.36. The largest absolute Gasteiger partial charge is 0.294 e. The maximum absolute atomic E-state index is 13.3. The van der Waals surface area contributed by atoms with Gasteiger partial charge in [-0.25, -0.2) is 8.78 Å². The van der Waals surface area contributed by atoms with Crippen LogP contribution in [0.5, 0.6) is 0 Å². The first-order valence-electron chi connectivity index (χ1n) is 5.14. The Morgan fingerprint density at radius 3 is 2.72 bits per heavy atom. The molecule has 0 aliphatic rings. The van der Waals surface area contributed by atoms with Crippen LogP contribution in [0.1, 0.15) is 15.9 Å². The van der Waals surface area contributed by atoms with E-state index in [0.717, 1.165) is 6.20 Å². The fourth-order valence-electron chi connectivity index (χ4n) is 1.59. The number of benzene rings is 1. The first-order valence-corrected chi connectivity index (χ1v) is 5.93. The Hall–Kier alpha value is -1.62. The molecule has 0 aliphatic carbocycles. The van der Waals surface area contributed by atoms with Crippen LogP contribution in [0.25, 0.3) is 0 Å². The van der Waals surface area contributed by atoms with E-state index in [0.29, 0.717) is 10.0 Å². The zero-order valence-electron chi connectivity index (χ0n) is 9.16. The Kier molecular flexibility index (Phi) is 3.81. The van der Waals surface area contributed by atoms with Crippen molar-refractivity contribution in [2.45, 2.75) is 6.42 Å². The molecule has 18 heavy (non-hydrogen) atoms. The predicted molar refractivity (Wildman–Crippen MR) is 66.3 cm³/mol. The molecule has 0 radical (unpaired) electrons. The molecule has 0 saturated carbocycles. The molecule has 0 bridgehead atoms. The average molecular weight is 312 g/mol. The number of hydrogen-bond donors (Lipinski definition) is 0. The second-order valence-corrected chi connectivity index (χ2v) is 4.65. The molecule has 0 saturated heterocycles. The molecule has 2 nitrogen and oxygen atoms in total. The van der Waals surface area contributed by atoms with Crippen LogP contribution >= 0.6 is 15.9 Å². The van der Waals surface area contributed by atoms with Crippen LogP contribution in [0.3, 0.4) is 0 Å². The third kappa shape index (κ3) is 2.98. The van der Waals surface area contributed by atoms with Crippen LogP contribution in [0.4, 0.5) is 8.78 Å². The monoisotopic (exact) mass is 311 g/mol. The minimum atomic E-state index is -0.669. The van der Waals surface area contributed by atoms with Crippen molar-refractivity contribution in [1.29, 1.82) is 0 Å². The number of aromatic nitrogens is 1. The molecule has 5 heteroatoms. The van der Waals surface area contributed by atoms with E-state index < -0.39 is 17.4 Å². The summed E-state index contributed by atoms with van der Waals surface area (Å²) in [4.78, 5) is 15.4. The number of Topliss-reactive ketones (excluding diaryl/α,β-unsaturated/α-hetero) is 1. The van der Waals surface area contributed by atoms with E-state index in [1.54, 1.807) is 6.07 Å². The maximum atomic E-state index is 13.3. The zero-order valence-corrected chi connectivity index (χ0v) is 10.7. The van der Waals surface area contributed by atoms with Crippen molar-refractivity contribution in [1.82, 2.24) is 4.98 Å². The van der Waals surface area contributed by atoms with Crippen molar-refractivity contribution < 1.29 is 13.6 Å². The normalized spacial score (nSPS) is 10.4. The molecule has 2 aromatic rings. The molecule has 1 heterocycles. The molecule has 0 fully saturated rings. The number of rotatable bonds is 3. The minimum absolute atomic E-state index is 0.0367. The van der Waals surface area contributed by atoms with Crippen molar-refractivity contribution in [3.63, 3.8) is 0 Å². The summed E-state index contributed by atoms with van der Waals surface area (Å²) in [5.74, 6) is -1.52. The SMILES string of the molecule is O=C(Cc1cc(F)cc(Br)c1)c1ccncc1F. The number of nitrogens with zero attached hydrogens (tertiary/aromatic N) is 1. The van der Waals surface area contributed by atoms with Crippen LogP contribution < -0.4 is 0 Å². The highest BCUT2D eigenvalue weighted by molar-refractivity contribution is 9.10. The lowest BCUT2D eigenvalue weighted by Crippen LogP contribution is -2.06. The molecule has 0 atom stereocenters. The van der Waals surface area contributed by atoms with Gasteiger partial charge in [0.05, 0.1) is 11.8 Å². The van der Waals surface area contributed by atoms with Gasteiger partial charge in [-0.3, -0.25) is 9.78 Å². The van der Waals surface area contributed by atoms with Gasteiger partial charge >= 0.3 is 0 Å². The first-order chi connectivity index (χ1) is 8.56. The van der Waals surface area contributed by atoms with Gasteiger partial charge in [0.2, 0.25) is 0 Å². The number of carbonyl (C=O) groups excluding carboxylic acids is 1. The molecular weight excluding hydrogens is 304 g/mol. The van der Waals surface area contributed by atoms with E-state index in [9.17, 15) is 13.6 Å². The Morgan fingerprint density at radius 2 is 2.06 bits per heavy atom. The highest BCUT2D eigenvalue weighted by atomic mass is 79.9. The quantitative estimate of drug-likeness (QED) is 0.811. The van der Waals surface area contributed by atoms with Gasteiger partial charge < -0.3 is 0 Å². The number of pyridine rings is 1. The van der Waals surface area contributed by atoms with Gasteiger partial charge in [-0.1, -0.05) is 15.9 Å². The van der Waals surface area contributed by atoms with Gasteiger partial charge in [-0.15, -0.1) is 0 Å². The van der Waals surface area contributed by atoms with E-state index in [4.69, 9.17) is 0 Å². The summed E-state index contributed by atoms with van der Waals surface area (Å²) in [6.07, 6.45) is 2.27. The van der Waals surface area contributed by atoms with E-state index in [1.807, 2.05) is 0 Å². The molecular formula is C13H8BrF2NO. The molecule has 1 aromatic carbocycles. The Bertz CT molecular complexity index is 581. The summed E-state index contributed by atoms with van der Waals surface area (Å²) in [6, 6.07) is 5.48.